The summed E-state index contributed by atoms with van der Waals surface area (Å²) in [5, 5.41) is 6.72. The number of thioether (sulfide) groups is 1. The highest BCUT2D eigenvalue weighted by Gasteiger charge is 2.17. The molecule has 0 aromatic rings. The fraction of sp³-hybridized carbons (Fsp3) is 0.714. The second kappa shape index (κ2) is 3.47. The topological polar surface area (TPSA) is 15.7 Å². The van der Waals surface area contributed by atoms with Crippen LogP contribution in [0.15, 0.2) is 11.6 Å². The molecule has 1 saturated heterocycles. The van der Waals surface area contributed by atoms with Crippen molar-refractivity contribution in [2.45, 2.75) is 0 Å². The fourth-order valence-corrected chi connectivity index (χ4v) is 1.98. The van der Waals surface area contributed by atoms with Crippen LogP contribution in [-0.4, -0.2) is 42.2 Å². The second-order valence-corrected chi connectivity index (χ2v) is 3.45. The summed E-state index contributed by atoms with van der Waals surface area (Å²) in [4.78, 5) is 0. The van der Waals surface area contributed by atoms with Crippen molar-refractivity contribution in [3.05, 3.63) is 11.6 Å². The van der Waals surface area contributed by atoms with E-state index < -0.39 is 0 Å². The first-order valence-corrected chi connectivity index (χ1v) is 4.89. The van der Waals surface area contributed by atoms with Gasteiger partial charge in [0.05, 0.1) is 19.1 Å². The van der Waals surface area contributed by atoms with Crippen LogP contribution in [0.5, 0.6) is 0 Å². The maximum atomic E-state index is 5.26. The first kappa shape index (κ1) is 7.46. The molecule has 0 amide bonds. The molecule has 2 aliphatic heterocycles. The normalized spacial score (nSPS) is 26.4. The average Bonchev–Trinajstić information content (AvgIpc) is 2.58. The SMILES string of the molecule is C1=CN(N2CCOCC2)CS1. The van der Waals surface area contributed by atoms with E-state index in [2.05, 4.69) is 21.6 Å². The standard InChI is InChI=1S/C7H12N2OS/c1-4-10-5-2-8(1)9-3-6-11-7-9/h3,6H,1-2,4-5,7H2. The van der Waals surface area contributed by atoms with Crippen molar-refractivity contribution in [1.82, 2.24) is 10.0 Å². The Labute approximate surface area is 71.0 Å². The predicted octanol–water partition coefficient (Wildman–Crippen LogP) is 0.711. The van der Waals surface area contributed by atoms with Crippen molar-refractivity contribution in [3.63, 3.8) is 0 Å². The van der Waals surface area contributed by atoms with Crippen LogP contribution in [0, 0.1) is 0 Å². The molecule has 0 unspecified atom stereocenters. The summed E-state index contributed by atoms with van der Waals surface area (Å²) in [5.41, 5.74) is 0. The number of morpholine rings is 1. The van der Waals surface area contributed by atoms with E-state index in [0.29, 0.717) is 0 Å². The van der Waals surface area contributed by atoms with E-state index in [-0.39, 0.29) is 0 Å². The molecule has 0 atom stereocenters. The summed E-state index contributed by atoms with van der Waals surface area (Å²) in [7, 11) is 0. The van der Waals surface area contributed by atoms with Crippen molar-refractivity contribution in [2.75, 3.05) is 32.2 Å². The number of nitrogens with zero attached hydrogens (tertiary/aromatic N) is 2. The van der Waals surface area contributed by atoms with Gasteiger partial charge in [0.2, 0.25) is 0 Å². The minimum Gasteiger partial charge on any atom is -0.379 e. The second-order valence-electron chi connectivity index (χ2n) is 2.59. The maximum absolute atomic E-state index is 5.26. The van der Waals surface area contributed by atoms with Gasteiger partial charge in [-0.15, -0.1) is 11.8 Å². The van der Waals surface area contributed by atoms with E-state index in [9.17, 15) is 0 Å². The van der Waals surface area contributed by atoms with Gasteiger partial charge in [0.25, 0.3) is 0 Å². The van der Waals surface area contributed by atoms with Crippen molar-refractivity contribution in [1.29, 1.82) is 0 Å². The van der Waals surface area contributed by atoms with Crippen LogP contribution in [0.1, 0.15) is 0 Å². The molecule has 2 aliphatic rings. The Morgan fingerprint density at radius 3 is 2.73 bits per heavy atom. The highest BCUT2D eigenvalue weighted by molar-refractivity contribution is 8.02. The number of hydrazine groups is 1. The Morgan fingerprint density at radius 1 is 1.27 bits per heavy atom. The lowest BCUT2D eigenvalue weighted by molar-refractivity contribution is -0.0520. The summed E-state index contributed by atoms with van der Waals surface area (Å²) in [6, 6.07) is 0. The summed E-state index contributed by atoms with van der Waals surface area (Å²) in [6.45, 7) is 3.81. The van der Waals surface area contributed by atoms with Gasteiger partial charge in [-0.05, 0) is 5.41 Å². The van der Waals surface area contributed by atoms with E-state index >= 15 is 0 Å². The summed E-state index contributed by atoms with van der Waals surface area (Å²) < 4.78 is 5.26. The smallest absolute Gasteiger partial charge is 0.0835 e. The lowest BCUT2D eigenvalue weighted by Crippen LogP contribution is -2.45. The van der Waals surface area contributed by atoms with Crippen LogP contribution in [-0.2, 0) is 4.74 Å². The van der Waals surface area contributed by atoms with Crippen LogP contribution < -0.4 is 0 Å². The van der Waals surface area contributed by atoms with Gasteiger partial charge in [-0.3, -0.25) is 0 Å². The molecule has 0 aliphatic carbocycles. The number of hydrogen-bond donors (Lipinski definition) is 0. The Bertz CT molecular complexity index is 157. The van der Waals surface area contributed by atoms with Gasteiger partial charge in [-0.2, -0.15) is 0 Å². The van der Waals surface area contributed by atoms with Crippen molar-refractivity contribution < 1.29 is 4.74 Å². The van der Waals surface area contributed by atoms with Gasteiger partial charge in [0.1, 0.15) is 0 Å². The molecule has 0 radical (unpaired) electrons. The third-order valence-electron chi connectivity index (χ3n) is 1.89. The quantitative estimate of drug-likeness (QED) is 0.578. The summed E-state index contributed by atoms with van der Waals surface area (Å²) in [6.07, 6.45) is 2.13. The minimum absolute atomic E-state index is 0.870. The Balaban J connectivity index is 1.87. The van der Waals surface area contributed by atoms with Crippen molar-refractivity contribution in [2.24, 2.45) is 0 Å². The molecule has 0 bridgehead atoms. The van der Waals surface area contributed by atoms with Gasteiger partial charge < -0.3 is 9.75 Å². The Hall–Kier alpha value is -0.190. The van der Waals surface area contributed by atoms with Gasteiger partial charge in [-0.1, -0.05) is 0 Å². The fourth-order valence-electron chi connectivity index (χ4n) is 1.26. The third kappa shape index (κ3) is 1.69. The molecule has 4 heteroatoms. The average molecular weight is 172 g/mol. The molecule has 1 fully saturated rings. The lowest BCUT2D eigenvalue weighted by Gasteiger charge is -2.34. The number of ether oxygens (including phenoxy) is 1. The Morgan fingerprint density at radius 2 is 2.09 bits per heavy atom. The van der Waals surface area contributed by atoms with Crippen molar-refractivity contribution >= 4 is 11.8 Å². The van der Waals surface area contributed by atoms with E-state index in [1.807, 2.05) is 11.8 Å². The van der Waals surface area contributed by atoms with Gasteiger partial charge >= 0.3 is 0 Å². The number of rotatable bonds is 1. The molecular formula is C7H12N2OS. The first-order valence-electron chi connectivity index (χ1n) is 3.84. The molecule has 62 valence electrons. The highest BCUT2D eigenvalue weighted by Crippen LogP contribution is 2.17. The van der Waals surface area contributed by atoms with Gasteiger partial charge in [-0.25, -0.2) is 5.01 Å². The van der Waals surface area contributed by atoms with E-state index in [0.717, 1.165) is 32.2 Å². The van der Waals surface area contributed by atoms with Gasteiger partial charge in [0.15, 0.2) is 0 Å². The zero-order valence-corrected chi connectivity index (χ0v) is 7.22. The number of hydrogen-bond acceptors (Lipinski definition) is 4. The molecule has 3 nitrogen and oxygen atoms in total. The van der Waals surface area contributed by atoms with Crippen LogP contribution in [0.2, 0.25) is 0 Å². The summed E-state index contributed by atoms with van der Waals surface area (Å²) >= 11 is 1.84. The minimum atomic E-state index is 0.870. The third-order valence-corrected chi connectivity index (χ3v) is 2.61. The molecule has 0 spiro atoms. The van der Waals surface area contributed by atoms with Crippen LogP contribution in [0.3, 0.4) is 0 Å². The van der Waals surface area contributed by atoms with E-state index in [1.165, 1.54) is 0 Å². The molecule has 0 aromatic carbocycles. The van der Waals surface area contributed by atoms with E-state index in [4.69, 9.17) is 4.74 Å². The summed E-state index contributed by atoms with van der Waals surface area (Å²) in [5.74, 6) is 1.07. The lowest BCUT2D eigenvalue weighted by atomic mass is 10.5. The molecule has 2 rings (SSSR count). The highest BCUT2D eigenvalue weighted by atomic mass is 32.2. The molecule has 11 heavy (non-hydrogen) atoms. The maximum Gasteiger partial charge on any atom is 0.0835 e. The first-order chi connectivity index (χ1) is 5.47. The molecular weight excluding hydrogens is 160 g/mol. The molecule has 0 saturated carbocycles. The zero-order valence-electron chi connectivity index (χ0n) is 6.40. The van der Waals surface area contributed by atoms with Crippen LogP contribution in [0.4, 0.5) is 0 Å². The Kier molecular flexibility index (Phi) is 2.35. The predicted molar refractivity (Wildman–Crippen MR) is 45.8 cm³/mol. The van der Waals surface area contributed by atoms with E-state index in [1.54, 1.807) is 0 Å². The van der Waals surface area contributed by atoms with Crippen molar-refractivity contribution in [3.8, 4) is 0 Å². The monoisotopic (exact) mass is 172 g/mol. The largest absolute Gasteiger partial charge is 0.379 e. The van der Waals surface area contributed by atoms with Crippen LogP contribution in [0.25, 0.3) is 0 Å². The van der Waals surface area contributed by atoms with Gasteiger partial charge in [0, 0.05) is 19.3 Å². The molecule has 0 aromatic heterocycles. The van der Waals surface area contributed by atoms with Crippen LogP contribution >= 0.6 is 11.8 Å². The molecule has 0 N–H and O–H groups in total. The molecule has 2 heterocycles. The zero-order chi connectivity index (χ0) is 7.52.